The molecule has 86 valence electrons. The first kappa shape index (κ1) is 12.5. The molecule has 5 nitrogen and oxygen atoms in total. The van der Waals surface area contributed by atoms with Crippen molar-refractivity contribution in [2.75, 3.05) is 6.61 Å². The fourth-order valence-corrected chi connectivity index (χ4v) is 1.22. The van der Waals surface area contributed by atoms with Gasteiger partial charge >= 0.3 is 5.97 Å². The summed E-state index contributed by atoms with van der Waals surface area (Å²) in [5, 5.41) is 25.9. The van der Waals surface area contributed by atoms with Gasteiger partial charge in [0.05, 0.1) is 29.9 Å². The molecule has 0 atom stereocenters. The van der Waals surface area contributed by atoms with E-state index in [9.17, 15) is 4.79 Å². The maximum Gasteiger partial charge on any atom is 0.303 e. The van der Waals surface area contributed by atoms with Crippen molar-refractivity contribution in [3.63, 3.8) is 0 Å². The predicted octanol–water partition coefficient (Wildman–Crippen LogP) is 1.67. The molecule has 1 N–H and O–H groups in total. The van der Waals surface area contributed by atoms with Gasteiger partial charge in [-0.2, -0.15) is 10.5 Å². The SMILES string of the molecule is N#Cc1cc(C#N)cc(OCCCC(=O)O)c1. The fraction of sp³-hybridized carbons (Fsp3) is 0.250. The minimum atomic E-state index is -0.878. The molecule has 5 heteroatoms. The second-order valence-electron chi connectivity index (χ2n) is 3.32. The van der Waals surface area contributed by atoms with Gasteiger partial charge in [-0.15, -0.1) is 0 Å². The summed E-state index contributed by atoms with van der Waals surface area (Å²) in [6.45, 7) is 0.242. The summed E-state index contributed by atoms with van der Waals surface area (Å²) in [7, 11) is 0. The van der Waals surface area contributed by atoms with Crippen LogP contribution in [0.1, 0.15) is 24.0 Å². The molecule has 0 spiro atoms. The zero-order chi connectivity index (χ0) is 12.7. The Balaban J connectivity index is 2.62. The molecule has 0 radical (unpaired) electrons. The minimum Gasteiger partial charge on any atom is -0.493 e. The normalized spacial score (nSPS) is 9.06. The van der Waals surface area contributed by atoms with Gasteiger partial charge in [0.25, 0.3) is 0 Å². The molecule has 0 aromatic heterocycles. The Morgan fingerprint density at radius 2 is 1.82 bits per heavy atom. The standard InChI is InChI=1S/C12H10N2O3/c13-7-9-4-10(8-14)6-11(5-9)17-3-1-2-12(15)16/h4-6H,1-3H2,(H,15,16). The molecule has 0 unspecified atom stereocenters. The quantitative estimate of drug-likeness (QED) is 0.776. The minimum absolute atomic E-state index is 0.0308. The monoisotopic (exact) mass is 230 g/mol. The van der Waals surface area contributed by atoms with Crippen LogP contribution in [-0.4, -0.2) is 17.7 Å². The van der Waals surface area contributed by atoms with Crippen molar-refractivity contribution in [1.29, 1.82) is 10.5 Å². The van der Waals surface area contributed by atoms with E-state index in [1.165, 1.54) is 18.2 Å². The van der Waals surface area contributed by atoms with Gasteiger partial charge in [0.2, 0.25) is 0 Å². The predicted molar refractivity (Wildman–Crippen MR) is 58.2 cm³/mol. The van der Waals surface area contributed by atoms with Crippen LogP contribution in [-0.2, 0) is 4.79 Å². The van der Waals surface area contributed by atoms with E-state index >= 15 is 0 Å². The highest BCUT2D eigenvalue weighted by Gasteiger charge is 2.02. The fourth-order valence-electron chi connectivity index (χ4n) is 1.22. The molecule has 0 saturated heterocycles. The van der Waals surface area contributed by atoms with E-state index in [0.717, 1.165) is 0 Å². The van der Waals surface area contributed by atoms with E-state index < -0.39 is 5.97 Å². The van der Waals surface area contributed by atoms with Crippen molar-refractivity contribution >= 4 is 5.97 Å². The Morgan fingerprint density at radius 1 is 1.24 bits per heavy atom. The van der Waals surface area contributed by atoms with E-state index in [4.69, 9.17) is 20.4 Å². The molecule has 0 amide bonds. The number of rotatable bonds is 5. The van der Waals surface area contributed by atoms with Gasteiger partial charge in [-0.1, -0.05) is 0 Å². The number of carboxylic acids is 1. The number of hydrogen-bond acceptors (Lipinski definition) is 4. The molecule has 0 aliphatic rings. The van der Waals surface area contributed by atoms with E-state index in [1.54, 1.807) is 0 Å². The first-order valence-electron chi connectivity index (χ1n) is 4.95. The second kappa shape index (κ2) is 6.14. The van der Waals surface area contributed by atoms with Crippen molar-refractivity contribution in [2.24, 2.45) is 0 Å². The summed E-state index contributed by atoms with van der Waals surface area (Å²) in [6.07, 6.45) is 0.414. The van der Waals surface area contributed by atoms with Gasteiger partial charge in [-0.3, -0.25) is 4.79 Å². The summed E-state index contributed by atoms with van der Waals surface area (Å²) >= 11 is 0. The summed E-state index contributed by atoms with van der Waals surface area (Å²) in [6, 6.07) is 8.34. The third-order valence-electron chi connectivity index (χ3n) is 1.97. The number of hydrogen-bond donors (Lipinski definition) is 1. The summed E-state index contributed by atoms with van der Waals surface area (Å²) < 4.78 is 5.28. The first-order chi connectivity index (χ1) is 8.15. The Bertz CT molecular complexity index is 465. The van der Waals surface area contributed by atoms with Crippen molar-refractivity contribution in [2.45, 2.75) is 12.8 Å². The average molecular weight is 230 g/mol. The Hall–Kier alpha value is -2.53. The van der Waals surface area contributed by atoms with Gasteiger partial charge in [0, 0.05) is 6.42 Å². The summed E-state index contributed by atoms with van der Waals surface area (Å²) in [4.78, 5) is 10.3. The molecule has 1 aromatic carbocycles. The first-order valence-corrected chi connectivity index (χ1v) is 4.95. The number of nitriles is 2. The van der Waals surface area contributed by atoms with Gasteiger partial charge < -0.3 is 9.84 Å². The average Bonchev–Trinajstić information content (AvgIpc) is 2.34. The number of ether oxygens (including phenoxy) is 1. The van der Waals surface area contributed by atoms with Crippen LogP contribution in [0, 0.1) is 22.7 Å². The van der Waals surface area contributed by atoms with Gasteiger partial charge in [-0.25, -0.2) is 0 Å². The lowest BCUT2D eigenvalue weighted by molar-refractivity contribution is -0.137. The van der Waals surface area contributed by atoms with Crippen LogP contribution in [0.15, 0.2) is 18.2 Å². The largest absolute Gasteiger partial charge is 0.493 e. The van der Waals surface area contributed by atoms with Gasteiger partial charge in [-0.05, 0) is 24.6 Å². The van der Waals surface area contributed by atoms with Crippen molar-refractivity contribution in [3.8, 4) is 17.9 Å². The van der Waals surface area contributed by atoms with Crippen LogP contribution < -0.4 is 4.74 Å². The lowest BCUT2D eigenvalue weighted by Crippen LogP contribution is -2.02. The maximum absolute atomic E-state index is 10.3. The topological polar surface area (TPSA) is 94.1 Å². The number of carboxylic acid groups (broad SMARTS) is 1. The smallest absolute Gasteiger partial charge is 0.303 e. The molecule has 0 aliphatic heterocycles. The number of benzene rings is 1. The Labute approximate surface area is 98.5 Å². The van der Waals surface area contributed by atoms with Crippen molar-refractivity contribution < 1.29 is 14.6 Å². The van der Waals surface area contributed by atoms with Crippen LogP contribution in [0.2, 0.25) is 0 Å². The van der Waals surface area contributed by atoms with Crippen LogP contribution >= 0.6 is 0 Å². The number of carbonyl (C=O) groups is 1. The molecule has 0 fully saturated rings. The van der Waals surface area contributed by atoms with Crippen molar-refractivity contribution in [3.05, 3.63) is 29.3 Å². The Kier molecular flexibility index (Phi) is 4.53. The summed E-state index contributed by atoms with van der Waals surface area (Å²) in [5.74, 6) is -0.469. The maximum atomic E-state index is 10.3. The van der Waals surface area contributed by atoms with E-state index in [0.29, 0.717) is 23.3 Å². The lowest BCUT2D eigenvalue weighted by atomic mass is 10.1. The summed E-state index contributed by atoms with van der Waals surface area (Å²) in [5.41, 5.74) is 0.689. The highest BCUT2D eigenvalue weighted by molar-refractivity contribution is 5.66. The molecular formula is C12H10N2O3. The molecule has 17 heavy (non-hydrogen) atoms. The third kappa shape index (κ3) is 4.23. The molecule has 0 heterocycles. The third-order valence-corrected chi connectivity index (χ3v) is 1.97. The molecule has 0 bridgehead atoms. The number of aliphatic carboxylic acids is 1. The van der Waals surface area contributed by atoms with Crippen LogP contribution in [0.4, 0.5) is 0 Å². The zero-order valence-electron chi connectivity index (χ0n) is 9.01. The highest BCUT2D eigenvalue weighted by Crippen LogP contribution is 2.16. The molecule has 1 rings (SSSR count). The van der Waals surface area contributed by atoms with E-state index in [2.05, 4.69) is 0 Å². The lowest BCUT2D eigenvalue weighted by Gasteiger charge is -2.05. The van der Waals surface area contributed by atoms with E-state index in [-0.39, 0.29) is 13.0 Å². The van der Waals surface area contributed by atoms with E-state index in [1.807, 2.05) is 12.1 Å². The Morgan fingerprint density at radius 3 is 2.29 bits per heavy atom. The van der Waals surface area contributed by atoms with Crippen LogP contribution in [0.25, 0.3) is 0 Å². The highest BCUT2D eigenvalue weighted by atomic mass is 16.5. The van der Waals surface area contributed by atoms with Gasteiger partial charge in [0.1, 0.15) is 5.75 Å². The molecule has 1 aromatic rings. The molecule has 0 saturated carbocycles. The molecular weight excluding hydrogens is 220 g/mol. The number of nitrogens with zero attached hydrogens (tertiary/aromatic N) is 2. The second-order valence-corrected chi connectivity index (χ2v) is 3.32. The molecule has 0 aliphatic carbocycles. The van der Waals surface area contributed by atoms with Crippen molar-refractivity contribution in [1.82, 2.24) is 0 Å². The van der Waals surface area contributed by atoms with Gasteiger partial charge in [0.15, 0.2) is 0 Å². The van der Waals surface area contributed by atoms with Crippen LogP contribution in [0.5, 0.6) is 5.75 Å². The zero-order valence-corrected chi connectivity index (χ0v) is 9.01. The van der Waals surface area contributed by atoms with Crippen LogP contribution in [0.3, 0.4) is 0 Å².